The van der Waals surface area contributed by atoms with Crippen molar-refractivity contribution in [3.05, 3.63) is 35.6 Å². The van der Waals surface area contributed by atoms with Crippen molar-refractivity contribution in [3.8, 4) is 0 Å². The highest BCUT2D eigenvalue weighted by Gasteiger charge is 1.94. The molecule has 1 aromatic rings. The Morgan fingerprint density at radius 1 is 1.14 bits per heavy atom. The summed E-state index contributed by atoms with van der Waals surface area (Å²) in [5.74, 6) is 0.438. The normalized spacial score (nSPS) is 10.4. The summed E-state index contributed by atoms with van der Waals surface area (Å²) in [6.45, 7) is 1.37. The minimum absolute atomic E-state index is 0.197. The minimum atomic E-state index is -0.197. The van der Waals surface area contributed by atoms with E-state index in [0.29, 0.717) is 19.1 Å². The van der Waals surface area contributed by atoms with Crippen LogP contribution >= 0.6 is 11.6 Å². The van der Waals surface area contributed by atoms with E-state index >= 15 is 0 Å². The van der Waals surface area contributed by atoms with E-state index in [1.165, 1.54) is 12.1 Å². The molecule has 0 aliphatic rings. The van der Waals surface area contributed by atoms with E-state index in [4.69, 9.17) is 16.3 Å². The van der Waals surface area contributed by atoms with E-state index in [9.17, 15) is 4.39 Å². The maximum absolute atomic E-state index is 12.5. The first kappa shape index (κ1) is 11.5. The number of hydrogen-bond acceptors (Lipinski definition) is 1. The lowest BCUT2D eigenvalue weighted by atomic mass is 10.2. The summed E-state index contributed by atoms with van der Waals surface area (Å²) in [4.78, 5) is 0. The van der Waals surface area contributed by atoms with Crippen molar-refractivity contribution in [1.29, 1.82) is 0 Å². The molecule has 3 heteroatoms. The molecule has 0 bridgehead atoms. The van der Waals surface area contributed by atoms with Gasteiger partial charge in [0.15, 0.2) is 0 Å². The Hall–Kier alpha value is -0.600. The second-order valence-corrected chi connectivity index (χ2v) is 3.41. The summed E-state index contributed by atoms with van der Waals surface area (Å²) in [6, 6.07) is 6.49. The van der Waals surface area contributed by atoms with Gasteiger partial charge in [-0.15, -0.1) is 11.6 Å². The molecule has 1 rings (SSSR count). The second kappa shape index (κ2) is 6.80. The van der Waals surface area contributed by atoms with Gasteiger partial charge < -0.3 is 4.74 Å². The predicted octanol–water partition coefficient (Wildman–Crippen LogP) is 3.01. The Morgan fingerprint density at radius 2 is 1.86 bits per heavy atom. The van der Waals surface area contributed by atoms with E-state index < -0.39 is 0 Å². The summed E-state index contributed by atoms with van der Waals surface area (Å²) in [5.41, 5.74) is 1.09. The largest absolute Gasteiger partial charge is 0.381 e. The lowest BCUT2D eigenvalue weighted by Crippen LogP contribution is -2.00. The van der Waals surface area contributed by atoms with Gasteiger partial charge in [-0.05, 0) is 30.5 Å². The zero-order valence-corrected chi connectivity index (χ0v) is 8.77. The molecule has 0 N–H and O–H groups in total. The Balaban J connectivity index is 2.15. The van der Waals surface area contributed by atoms with Crippen molar-refractivity contribution in [2.45, 2.75) is 12.8 Å². The average Bonchev–Trinajstić information content (AvgIpc) is 2.21. The van der Waals surface area contributed by atoms with Gasteiger partial charge in [-0.25, -0.2) is 4.39 Å². The van der Waals surface area contributed by atoms with E-state index in [1.807, 2.05) is 0 Å². The molecule has 0 aliphatic heterocycles. The standard InChI is InChI=1S/C11H14ClFO/c12-7-1-8-14-9-6-10-2-4-11(13)5-3-10/h2-5H,1,6-9H2. The van der Waals surface area contributed by atoms with Gasteiger partial charge in [-0.1, -0.05) is 12.1 Å². The molecule has 0 spiro atoms. The van der Waals surface area contributed by atoms with Gasteiger partial charge in [0.2, 0.25) is 0 Å². The summed E-state index contributed by atoms with van der Waals surface area (Å²) in [5, 5.41) is 0. The minimum Gasteiger partial charge on any atom is -0.381 e. The number of benzene rings is 1. The highest BCUT2D eigenvalue weighted by Crippen LogP contribution is 2.03. The molecule has 0 saturated carbocycles. The topological polar surface area (TPSA) is 9.23 Å². The highest BCUT2D eigenvalue weighted by atomic mass is 35.5. The number of ether oxygens (including phenoxy) is 1. The maximum Gasteiger partial charge on any atom is 0.123 e. The van der Waals surface area contributed by atoms with E-state index in [2.05, 4.69) is 0 Å². The van der Waals surface area contributed by atoms with Gasteiger partial charge in [0.1, 0.15) is 5.82 Å². The zero-order valence-electron chi connectivity index (χ0n) is 8.01. The fourth-order valence-corrected chi connectivity index (χ4v) is 1.21. The molecule has 1 aromatic carbocycles. The van der Waals surface area contributed by atoms with Gasteiger partial charge >= 0.3 is 0 Å². The molecule has 0 fully saturated rings. The van der Waals surface area contributed by atoms with Crippen LogP contribution in [-0.4, -0.2) is 19.1 Å². The van der Waals surface area contributed by atoms with Crippen LogP contribution in [0.2, 0.25) is 0 Å². The summed E-state index contributed by atoms with van der Waals surface area (Å²) < 4.78 is 17.9. The number of rotatable bonds is 6. The lowest BCUT2D eigenvalue weighted by Gasteiger charge is -2.02. The summed E-state index contributed by atoms with van der Waals surface area (Å²) >= 11 is 5.49. The first-order chi connectivity index (χ1) is 6.83. The Morgan fingerprint density at radius 3 is 2.50 bits per heavy atom. The molecule has 0 unspecified atom stereocenters. The van der Waals surface area contributed by atoms with Gasteiger partial charge in [0.05, 0.1) is 6.61 Å². The van der Waals surface area contributed by atoms with E-state index in [0.717, 1.165) is 18.4 Å². The molecule has 0 atom stereocenters. The Labute approximate surface area is 88.8 Å². The molecule has 0 aromatic heterocycles. The molecular weight excluding hydrogens is 203 g/mol. The maximum atomic E-state index is 12.5. The highest BCUT2D eigenvalue weighted by molar-refractivity contribution is 6.17. The molecular formula is C11H14ClFO. The number of halogens is 2. The molecule has 0 heterocycles. The van der Waals surface area contributed by atoms with Crippen molar-refractivity contribution in [3.63, 3.8) is 0 Å². The number of hydrogen-bond donors (Lipinski definition) is 0. The number of alkyl halides is 1. The van der Waals surface area contributed by atoms with Crippen LogP contribution < -0.4 is 0 Å². The fraction of sp³-hybridized carbons (Fsp3) is 0.455. The summed E-state index contributed by atoms with van der Waals surface area (Å²) in [7, 11) is 0. The Kier molecular flexibility index (Phi) is 5.57. The quantitative estimate of drug-likeness (QED) is 0.525. The smallest absolute Gasteiger partial charge is 0.123 e. The van der Waals surface area contributed by atoms with Crippen LogP contribution in [0.4, 0.5) is 4.39 Å². The SMILES string of the molecule is Fc1ccc(CCOCCCCl)cc1. The Bertz CT molecular complexity index is 248. The van der Waals surface area contributed by atoms with Crippen molar-refractivity contribution in [2.75, 3.05) is 19.1 Å². The summed E-state index contributed by atoms with van der Waals surface area (Å²) in [6.07, 6.45) is 1.70. The first-order valence-electron chi connectivity index (χ1n) is 4.71. The third-order valence-electron chi connectivity index (χ3n) is 1.87. The van der Waals surface area contributed by atoms with Gasteiger partial charge in [-0.3, -0.25) is 0 Å². The average molecular weight is 217 g/mol. The monoisotopic (exact) mass is 216 g/mol. The molecule has 0 saturated heterocycles. The third-order valence-corrected chi connectivity index (χ3v) is 2.14. The lowest BCUT2D eigenvalue weighted by molar-refractivity contribution is 0.138. The van der Waals surface area contributed by atoms with Crippen molar-refractivity contribution in [2.24, 2.45) is 0 Å². The third kappa shape index (κ3) is 4.58. The van der Waals surface area contributed by atoms with Crippen molar-refractivity contribution < 1.29 is 9.13 Å². The van der Waals surface area contributed by atoms with Crippen molar-refractivity contribution in [1.82, 2.24) is 0 Å². The van der Waals surface area contributed by atoms with Crippen LogP contribution in [0.5, 0.6) is 0 Å². The van der Waals surface area contributed by atoms with Crippen LogP contribution in [-0.2, 0) is 11.2 Å². The second-order valence-electron chi connectivity index (χ2n) is 3.03. The van der Waals surface area contributed by atoms with Crippen LogP contribution in [0.15, 0.2) is 24.3 Å². The zero-order chi connectivity index (χ0) is 10.2. The van der Waals surface area contributed by atoms with Gasteiger partial charge in [0, 0.05) is 12.5 Å². The molecule has 14 heavy (non-hydrogen) atoms. The van der Waals surface area contributed by atoms with Crippen LogP contribution in [0.25, 0.3) is 0 Å². The van der Waals surface area contributed by atoms with Gasteiger partial charge in [-0.2, -0.15) is 0 Å². The molecule has 0 amide bonds. The van der Waals surface area contributed by atoms with Crippen LogP contribution in [0.3, 0.4) is 0 Å². The molecule has 0 aliphatic carbocycles. The van der Waals surface area contributed by atoms with Crippen LogP contribution in [0, 0.1) is 5.82 Å². The fourth-order valence-electron chi connectivity index (χ4n) is 1.10. The van der Waals surface area contributed by atoms with E-state index in [-0.39, 0.29) is 5.82 Å². The van der Waals surface area contributed by atoms with Gasteiger partial charge in [0.25, 0.3) is 0 Å². The molecule has 78 valence electrons. The van der Waals surface area contributed by atoms with Crippen LogP contribution in [0.1, 0.15) is 12.0 Å². The molecule has 1 nitrogen and oxygen atoms in total. The first-order valence-corrected chi connectivity index (χ1v) is 5.24. The predicted molar refractivity (Wildman–Crippen MR) is 56.3 cm³/mol. The van der Waals surface area contributed by atoms with Crippen molar-refractivity contribution >= 4 is 11.6 Å². The van der Waals surface area contributed by atoms with E-state index in [1.54, 1.807) is 12.1 Å². The molecule has 0 radical (unpaired) electrons.